The van der Waals surface area contributed by atoms with Gasteiger partial charge in [0.2, 0.25) is 0 Å². The van der Waals surface area contributed by atoms with Crippen LogP contribution in [-0.4, -0.2) is 35.2 Å². The third-order valence-corrected chi connectivity index (χ3v) is 6.45. The van der Waals surface area contributed by atoms with Crippen molar-refractivity contribution in [1.29, 1.82) is 0 Å². The Labute approximate surface area is 169 Å². The summed E-state index contributed by atoms with van der Waals surface area (Å²) in [6.45, 7) is 6.18. The Kier molecular flexibility index (Phi) is 6.46. The Morgan fingerprint density at radius 1 is 0.964 bits per heavy atom. The van der Waals surface area contributed by atoms with Gasteiger partial charge in [-0.25, -0.2) is 0 Å². The highest BCUT2D eigenvalue weighted by Gasteiger charge is 2.31. The minimum absolute atomic E-state index is 0.0937. The van der Waals surface area contributed by atoms with Gasteiger partial charge in [0.25, 0.3) is 0 Å². The van der Waals surface area contributed by atoms with Crippen LogP contribution in [0.15, 0.2) is 48.5 Å². The zero-order valence-corrected chi connectivity index (χ0v) is 17.1. The molecule has 2 fully saturated rings. The van der Waals surface area contributed by atoms with Crippen LogP contribution in [0.5, 0.6) is 0 Å². The maximum atomic E-state index is 9.65. The lowest BCUT2D eigenvalue weighted by Gasteiger charge is -2.29. The second kappa shape index (κ2) is 9.21. The van der Waals surface area contributed by atoms with Gasteiger partial charge in [-0.15, -0.1) is 0 Å². The Balaban J connectivity index is 1.29. The van der Waals surface area contributed by atoms with Crippen molar-refractivity contribution in [3.8, 4) is 0 Å². The Bertz CT molecular complexity index is 745. The Morgan fingerprint density at radius 2 is 1.64 bits per heavy atom. The molecule has 2 aromatic carbocycles. The molecule has 28 heavy (non-hydrogen) atoms. The number of aliphatic hydroxyl groups excluding tert-OH is 1. The maximum absolute atomic E-state index is 9.65. The Hall–Kier alpha value is -1.68. The first kappa shape index (κ1) is 19.6. The minimum atomic E-state index is -0.0937. The van der Waals surface area contributed by atoms with E-state index < -0.39 is 0 Å². The second-order valence-electron chi connectivity index (χ2n) is 8.78. The molecule has 1 atom stereocenters. The topological polar surface area (TPSA) is 35.5 Å². The number of piperidine rings is 1. The molecule has 2 aromatic rings. The van der Waals surface area contributed by atoms with Crippen LogP contribution in [0.3, 0.4) is 0 Å². The number of nitrogens with one attached hydrogen (secondary N) is 1. The average Bonchev–Trinajstić information content (AvgIpc) is 3.55. The van der Waals surface area contributed by atoms with E-state index >= 15 is 0 Å². The van der Waals surface area contributed by atoms with E-state index in [1.165, 1.54) is 35.1 Å². The van der Waals surface area contributed by atoms with Crippen LogP contribution in [0.2, 0.25) is 0 Å². The van der Waals surface area contributed by atoms with Crippen molar-refractivity contribution < 1.29 is 5.11 Å². The van der Waals surface area contributed by atoms with E-state index in [0.717, 1.165) is 51.4 Å². The van der Waals surface area contributed by atoms with Crippen LogP contribution in [0, 0.1) is 12.8 Å². The normalized spacial score (nSPS) is 19.6. The summed E-state index contributed by atoms with van der Waals surface area (Å²) in [4.78, 5) is 2.45. The average molecular weight is 379 g/mol. The summed E-state index contributed by atoms with van der Waals surface area (Å²) in [7, 11) is 0. The Morgan fingerprint density at radius 3 is 2.32 bits per heavy atom. The van der Waals surface area contributed by atoms with Gasteiger partial charge in [-0.2, -0.15) is 0 Å². The molecule has 3 nitrogen and oxygen atoms in total. The third kappa shape index (κ3) is 5.44. The van der Waals surface area contributed by atoms with Gasteiger partial charge in [0.15, 0.2) is 0 Å². The van der Waals surface area contributed by atoms with Gasteiger partial charge in [0.1, 0.15) is 0 Å². The molecule has 0 bridgehead atoms. The molecular weight excluding hydrogens is 344 g/mol. The summed E-state index contributed by atoms with van der Waals surface area (Å²) in [5, 5.41) is 13.5. The summed E-state index contributed by atoms with van der Waals surface area (Å²) >= 11 is 0. The molecule has 4 rings (SSSR count). The van der Waals surface area contributed by atoms with Gasteiger partial charge >= 0.3 is 0 Å². The van der Waals surface area contributed by atoms with Gasteiger partial charge < -0.3 is 10.4 Å². The molecule has 0 aromatic heterocycles. The van der Waals surface area contributed by atoms with Crippen LogP contribution < -0.4 is 5.32 Å². The SMILES string of the molecule is Cc1ccccc1CC(NCc1ccc(CN2CCC(O)CC2)cc1)C1CC1. The molecule has 2 aliphatic rings. The number of aryl methyl sites for hydroxylation is 1. The minimum Gasteiger partial charge on any atom is -0.393 e. The van der Waals surface area contributed by atoms with E-state index in [1.54, 1.807) is 0 Å². The van der Waals surface area contributed by atoms with Crippen LogP contribution in [0.1, 0.15) is 47.9 Å². The van der Waals surface area contributed by atoms with Crippen LogP contribution in [0.25, 0.3) is 0 Å². The fourth-order valence-electron chi connectivity index (χ4n) is 4.33. The molecule has 1 aliphatic carbocycles. The van der Waals surface area contributed by atoms with Crippen molar-refractivity contribution in [1.82, 2.24) is 10.2 Å². The monoisotopic (exact) mass is 378 g/mol. The molecule has 1 aliphatic heterocycles. The molecule has 150 valence electrons. The van der Waals surface area contributed by atoms with Crippen LogP contribution in [-0.2, 0) is 19.5 Å². The van der Waals surface area contributed by atoms with Crippen molar-refractivity contribution in [2.45, 2.75) is 64.3 Å². The number of benzene rings is 2. The smallest absolute Gasteiger partial charge is 0.0564 e. The van der Waals surface area contributed by atoms with Gasteiger partial charge in [0, 0.05) is 32.2 Å². The molecular formula is C25H34N2O. The summed E-state index contributed by atoms with van der Waals surface area (Å²) in [6.07, 6.45) is 5.59. The number of aliphatic hydroxyl groups is 1. The highest BCUT2D eigenvalue weighted by molar-refractivity contribution is 5.27. The summed E-state index contributed by atoms with van der Waals surface area (Å²) in [6, 6.07) is 18.5. The second-order valence-corrected chi connectivity index (χ2v) is 8.78. The molecule has 1 saturated heterocycles. The van der Waals surface area contributed by atoms with Crippen molar-refractivity contribution in [3.63, 3.8) is 0 Å². The first-order valence-electron chi connectivity index (χ1n) is 10.9. The van der Waals surface area contributed by atoms with E-state index in [4.69, 9.17) is 0 Å². The first-order valence-corrected chi connectivity index (χ1v) is 10.9. The highest BCUT2D eigenvalue weighted by Crippen LogP contribution is 2.34. The number of nitrogens with zero attached hydrogens (tertiary/aromatic N) is 1. The zero-order chi connectivity index (χ0) is 19.3. The van der Waals surface area contributed by atoms with E-state index in [9.17, 15) is 5.11 Å². The van der Waals surface area contributed by atoms with Gasteiger partial charge in [0.05, 0.1) is 6.10 Å². The number of hydrogen-bond acceptors (Lipinski definition) is 3. The molecule has 1 heterocycles. The van der Waals surface area contributed by atoms with Crippen molar-refractivity contribution in [2.75, 3.05) is 13.1 Å². The molecule has 3 heteroatoms. The summed E-state index contributed by atoms with van der Waals surface area (Å²) in [5.41, 5.74) is 5.63. The largest absolute Gasteiger partial charge is 0.393 e. The van der Waals surface area contributed by atoms with E-state index in [0.29, 0.717) is 6.04 Å². The third-order valence-electron chi connectivity index (χ3n) is 6.45. The van der Waals surface area contributed by atoms with E-state index in [1.807, 2.05) is 0 Å². The maximum Gasteiger partial charge on any atom is 0.0564 e. The predicted octanol–water partition coefficient (Wildman–Crippen LogP) is 4.06. The fourth-order valence-corrected chi connectivity index (χ4v) is 4.33. The van der Waals surface area contributed by atoms with Crippen LogP contribution in [0.4, 0.5) is 0 Å². The molecule has 1 unspecified atom stereocenters. The summed E-state index contributed by atoms with van der Waals surface area (Å²) < 4.78 is 0. The number of rotatable bonds is 8. The quantitative estimate of drug-likeness (QED) is 0.727. The van der Waals surface area contributed by atoms with Gasteiger partial charge in [-0.3, -0.25) is 4.90 Å². The molecule has 0 amide bonds. The first-order chi connectivity index (χ1) is 13.7. The summed E-state index contributed by atoms with van der Waals surface area (Å²) in [5.74, 6) is 0.841. The standard InChI is InChI=1S/C25H34N2O/c1-19-4-2-3-5-23(19)16-25(22-10-11-22)26-17-20-6-8-21(9-7-20)18-27-14-12-24(28)13-15-27/h2-9,22,24-26,28H,10-18H2,1H3. The number of hydrogen-bond donors (Lipinski definition) is 2. The molecule has 0 radical (unpaired) electrons. The van der Waals surface area contributed by atoms with Crippen molar-refractivity contribution in [2.24, 2.45) is 5.92 Å². The van der Waals surface area contributed by atoms with Crippen molar-refractivity contribution >= 4 is 0 Å². The predicted molar refractivity (Wildman–Crippen MR) is 115 cm³/mol. The lowest BCUT2D eigenvalue weighted by Crippen LogP contribution is -2.35. The number of likely N-dealkylation sites (tertiary alicyclic amines) is 1. The van der Waals surface area contributed by atoms with E-state index in [-0.39, 0.29) is 6.10 Å². The van der Waals surface area contributed by atoms with E-state index in [2.05, 4.69) is 65.7 Å². The van der Waals surface area contributed by atoms with Crippen LogP contribution >= 0.6 is 0 Å². The van der Waals surface area contributed by atoms with Crippen molar-refractivity contribution in [3.05, 3.63) is 70.8 Å². The lowest BCUT2D eigenvalue weighted by atomic mass is 9.98. The molecule has 0 spiro atoms. The lowest BCUT2D eigenvalue weighted by molar-refractivity contribution is 0.0792. The molecule has 2 N–H and O–H groups in total. The molecule has 1 saturated carbocycles. The van der Waals surface area contributed by atoms with Gasteiger partial charge in [-0.05, 0) is 67.2 Å². The zero-order valence-electron chi connectivity index (χ0n) is 17.1. The van der Waals surface area contributed by atoms with Gasteiger partial charge in [-0.1, -0.05) is 48.5 Å². The fraction of sp³-hybridized carbons (Fsp3) is 0.520. The highest BCUT2D eigenvalue weighted by atomic mass is 16.3.